The average Bonchev–Trinajstić information content (AvgIpc) is 2.16. The van der Waals surface area contributed by atoms with Crippen molar-refractivity contribution in [1.29, 1.82) is 0 Å². The van der Waals surface area contributed by atoms with Crippen molar-refractivity contribution in [3.8, 4) is 0 Å². The Labute approximate surface area is 121 Å². The molecule has 0 saturated heterocycles. The van der Waals surface area contributed by atoms with E-state index < -0.39 is 5.51 Å². The SMILES string of the molecule is C=C(Cl)CC(C)(C)Cc1ccc(SC(F)(F)F)cc1. The highest BCUT2D eigenvalue weighted by atomic mass is 35.5. The Bertz CT molecular complexity index is 435. The van der Waals surface area contributed by atoms with Crippen LogP contribution in [0.15, 0.2) is 40.8 Å². The van der Waals surface area contributed by atoms with Gasteiger partial charge in [-0.3, -0.25) is 0 Å². The predicted octanol–water partition coefficient (Wildman–Crippen LogP) is 6.01. The van der Waals surface area contributed by atoms with Gasteiger partial charge in [-0.05, 0) is 47.7 Å². The van der Waals surface area contributed by atoms with Gasteiger partial charge >= 0.3 is 5.51 Å². The Balaban J connectivity index is 2.69. The number of rotatable bonds is 5. The van der Waals surface area contributed by atoms with Crippen LogP contribution in [-0.4, -0.2) is 5.51 Å². The minimum absolute atomic E-state index is 0.0580. The normalized spacial score (nSPS) is 12.5. The van der Waals surface area contributed by atoms with Crippen LogP contribution in [0.3, 0.4) is 0 Å². The van der Waals surface area contributed by atoms with Crippen LogP contribution in [-0.2, 0) is 6.42 Å². The highest BCUT2D eigenvalue weighted by Crippen LogP contribution is 2.37. The van der Waals surface area contributed by atoms with E-state index in [2.05, 4.69) is 20.4 Å². The van der Waals surface area contributed by atoms with Crippen molar-refractivity contribution >= 4 is 23.4 Å². The molecular weight excluding hydrogens is 293 g/mol. The van der Waals surface area contributed by atoms with Gasteiger partial charge in [0.05, 0.1) is 0 Å². The minimum atomic E-state index is -4.24. The maximum atomic E-state index is 12.2. The van der Waals surface area contributed by atoms with Gasteiger partial charge < -0.3 is 0 Å². The van der Waals surface area contributed by atoms with E-state index in [1.165, 1.54) is 12.1 Å². The van der Waals surface area contributed by atoms with Crippen molar-refractivity contribution in [2.75, 3.05) is 0 Å². The molecule has 0 spiro atoms. The van der Waals surface area contributed by atoms with Crippen LogP contribution in [0.4, 0.5) is 13.2 Å². The molecule has 0 nitrogen and oxygen atoms in total. The van der Waals surface area contributed by atoms with Gasteiger partial charge in [0.25, 0.3) is 0 Å². The molecule has 0 fully saturated rings. The summed E-state index contributed by atoms with van der Waals surface area (Å²) in [5.41, 5.74) is -3.30. The van der Waals surface area contributed by atoms with E-state index >= 15 is 0 Å². The van der Waals surface area contributed by atoms with Crippen LogP contribution in [0.5, 0.6) is 0 Å². The molecule has 0 bridgehead atoms. The van der Waals surface area contributed by atoms with Gasteiger partial charge in [0.1, 0.15) is 0 Å². The minimum Gasteiger partial charge on any atom is -0.160 e. The van der Waals surface area contributed by atoms with Crippen LogP contribution < -0.4 is 0 Å². The molecular formula is C14H16ClF3S. The third-order valence-corrected chi connectivity index (χ3v) is 3.38. The van der Waals surface area contributed by atoms with Gasteiger partial charge in [0, 0.05) is 9.93 Å². The lowest BCUT2D eigenvalue weighted by Crippen LogP contribution is -2.14. The van der Waals surface area contributed by atoms with E-state index in [9.17, 15) is 13.2 Å². The van der Waals surface area contributed by atoms with E-state index in [4.69, 9.17) is 11.6 Å². The number of thioether (sulfide) groups is 1. The van der Waals surface area contributed by atoms with Gasteiger partial charge in [0.15, 0.2) is 0 Å². The number of halogens is 4. The summed E-state index contributed by atoms with van der Waals surface area (Å²) in [5, 5.41) is 0.592. The highest BCUT2D eigenvalue weighted by molar-refractivity contribution is 8.00. The van der Waals surface area contributed by atoms with Crippen molar-refractivity contribution in [1.82, 2.24) is 0 Å². The summed E-state index contributed by atoms with van der Waals surface area (Å²) in [5.74, 6) is 0. The molecule has 0 aliphatic heterocycles. The highest BCUT2D eigenvalue weighted by Gasteiger charge is 2.29. The molecule has 5 heteroatoms. The first kappa shape index (κ1) is 16.4. The summed E-state index contributed by atoms with van der Waals surface area (Å²) in [7, 11) is 0. The van der Waals surface area contributed by atoms with Crippen molar-refractivity contribution in [2.45, 2.75) is 37.1 Å². The molecule has 0 saturated carbocycles. The van der Waals surface area contributed by atoms with E-state index in [0.29, 0.717) is 11.5 Å². The zero-order chi connectivity index (χ0) is 14.7. The Hall–Kier alpha value is -0.610. The molecule has 106 valence electrons. The van der Waals surface area contributed by atoms with E-state index in [-0.39, 0.29) is 22.1 Å². The molecule has 0 amide bonds. The molecule has 0 aliphatic rings. The second kappa shape index (κ2) is 6.23. The summed E-state index contributed by atoms with van der Waals surface area (Å²) < 4.78 is 36.6. The summed E-state index contributed by atoms with van der Waals surface area (Å²) in [6, 6.07) is 6.46. The standard InChI is InChI=1S/C14H16ClF3S/c1-10(15)8-13(2,3)9-11-4-6-12(7-5-11)19-14(16,17)18/h4-7H,1,8-9H2,2-3H3. The fraction of sp³-hybridized carbons (Fsp3) is 0.429. The summed E-state index contributed by atoms with van der Waals surface area (Å²) in [6.45, 7) is 7.78. The molecule has 1 rings (SSSR count). The number of hydrogen-bond donors (Lipinski definition) is 0. The van der Waals surface area contributed by atoms with Crippen LogP contribution in [0, 0.1) is 5.41 Å². The number of hydrogen-bond acceptors (Lipinski definition) is 1. The molecule has 0 aliphatic carbocycles. The number of alkyl halides is 3. The van der Waals surface area contributed by atoms with E-state index in [1.807, 2.05) is 0 Å². The quantitative estimate of drug-likeness (QED) is 0.600. The van der Waals surface area contributed by atoms with Gasteiger partial charge in [-0.1, -0.05) is 44.2 Å². The lowest BCUT2D eigenvalue weighted by atomic mass is 9.83. The smallest absolute Gasteiger partial charge is 0.160 e. The van der Waals surface area contributed by atoms with Gasteiger partial charge in [0.2, 0.25) is 0 Å². The summed E-state index contributed by atoms with van der Waals surface area (Å²) in [6.07, 6.45) is 1.42. The van der Waals surface area contributed by atoms with E-state index in [0.717, 1.165) is 12.0 Å². The van der Waals surface area contributed by atoms with Crippen molar-refractivity contribution in [3.05, 3.63) is 41.4 Å². The van der Waals surface area contributed by atoms with Crippen molar-refractivity contribution < 1.29 is 13.2 Å². The monoisotopic (exact) mass is 308 g/mol. The molecule has 0 N–H and O–H groups in total. The second-order valence-electron chi connectivity index (χ2n) is 5.23. The summed E-state index contributed by atoms with van der Waals surface area (Å²) in [4.78, 5) is 0.204. The Morgan fingerprint density at radius 2 is 1.74 bits per heavy atom. The summed E-state index contributed by atoms with van der Waals surface area (Å²) >= 11 is 5.71. The molecule has 0 unspecified atom stereocenters. The van der Waals surface area contributed by atoms with Crippen molar-refractivity contribution in [2.24, 2.45) is 5.41 Å². The zero-order valence-electron chi connectivity index (χ0n) is 10.9. The molecule has 1 aromatic carbocycles. The molecule has 0 radical (unpaired) electrons. The topological polar surface area (TPSA) is 0 Å². The Morgan fingerprint density at radius 3 is 2.16 bits per heavy atom. The molecule has 19 heavy (non-hydrogen) atoms. The first-order valence-electron chi connectivity index (χ1n) is 5.75. The lowest BCUT2D eigenvalue weighted by molar-refractivity contribution is -0.0328. The molecule has 0 atom stereocenters. The largest absolute Gasteiger partial charge is 0.446 e. The number of allylic oxidation sites excluding steroid dienone is 1. The predicted molar refractivity (Wildman–Crippen MR) is 75.4 cm³/mol. The zero-order valence-corrected chi connectivity index (χ0v) is 12.4. The fourth-order valence-electron chi connectivity index (χ4n) is 1.94. The van der Waals surface area contributed by atoms with E-state index in [1.54, 1.807) is 12.1 Å². The third-order valence-electron chi connectivity index (χ3n) is 2.51. The lowest BCUT2D eigenvalue weighted by Gasteiger charge is -2.24. The molecule has 0 heterocycles. The van der Waals surface area contributed by atoms with Crippen LogP contribution in [0.2, 0.25) is 0 Å². The Morgan fingerprint density at radius 1 is 1.21 bits per heavy atom. The first-order chi connectivity index (χ1) is 8.57. The maximum absolute atomic E-state index is 12.2. The third kappa shape index (κ3) is 6.92. The van der Waals surface area contributed by atoms with Crippen molar-refractivity contribution in [3.63, 3.8) is 0 Å². The van der Waals surface area contributed by atoms with Gasteiger partial charge in [-0.15, -0.1) is 0 Å². The van der Waals surface area contributed by atoms with Crippen LogP contribution in [0.1, 0.15) is 25.8 Å². The average molecular weight is 309 g/mol. The Kier molecular flexibility index (Phi) is 5.39. The molecule has 1 aromatic rings. The maximum Gasteiger partial charge on any atom is 0.446 e. The van der Waals surface area contributed by atoms with Gasteiger partial charge in [-0.25, -0.2) is 0 Å². The fourth-order valence-corrected chi connectivity index (χ4v) is 2.84. The van der Waals surface area contributed by atoms with Gasteiger partial charge in [-0.2, -0.15) is 13.2 Å². The van der Waals surface area contributed by atoms with Crippen LogP contribution >= 0.6 is 23.4 Å². The first-order valence-corrected chi connectivity index (χ1v) is 6.95. The second-order valence-corrected chi connectivity index (χ2v) is 6.90. The molecule has 0 aromatic heterocycles. The number of benzene rings is 1. The van der Waals surface area contributed by atoms with Crippen LogP contribution in [0.25, 0.3) is 0 Å².